The highest BCUT2D eigenvalue weighted by Gasteiger charge is 2.05. The molecule has 0 aliphatic rings. The minimum absolute atomic E-state index is 0.128. The molecule has 7 nitrogen and oxygen atoms in total. The van der Waals surface area contributed by atoms with E-state index in [0.29, 0.717) is 12.3 Å². The minimum atomic E-state index is -3.48. The number of carbonyl (C=O) groups excluding carboxylic acids is 1. The minimum Gasteiger partial charge on any atom is -0.484 e. The average Bonchev–Trinajstić information content (AvgIpc) is 2.41. The van der Waals surface area contributed by atoms with Gasteiger partial charge in [-0.1, -0.05) is 12.1 Å². The van der Waals surface area contributed by atoms with Crippen LogP contribution in [0.1, 0.15) is 12.0 Å². The number of benzene rings is 1. The highest BCUT2D eigenvalue weighted by atomic mass is 32.2. The lowest BCUT2D eigenvalue weighted by Gasteiger charge is -2.07. The summed E-state index contributed by atoms with van der Waals surface area (Å²) < 4.78 is 26.6. The Hall–Kier alpha value is -1.64. The summed E-state index contributed by atoms with van der Waals surface area (Å²) in [6, 6.07) is 7.10. The monoisotopic (exact) mass is 301 g/mol. The second-order valence-corrected chi connectivity index (χ2v) is 5.94. The lowest BCUT2D eigenvalue weighted by Crippen LogP contribution is -2.31. The van der Waals surface area contributed by atoms with Crippen LogP contribution in [0, 0.1) is 0 Å². The van der Waals surface area contributed by atoms with E-state index in [9.17, 15) is 13.2 Å². The van der Waals surface area contributed by atoms with Crippen molar-refractivity contribution in [2.45, 2.75) is 13.0 Å². The molecule has 0 radical (unpaired) electrons. The Balaban J connectivity index is 2.22. The molecule has 1 aromatic rings. The number of nitrogens with two attached hydrogens (primary N) is 2. The molecule has 0 saturated carbocycles. The standard InChI is InChI=1S/C12H19N3O4S/c13-8-10-2-4-11(5-3-10)19-9-12(16)15-6-1-7-20(14,17)18/h2-5H,1,6-9,13H2,(H,15,16)(H2,14,17,18). The number of amides is 1. The van der Waals surface area contributed by atoms with Crippen molar-refractivity contribution in [2.75, 3.05) is 18.9 Å². The van der Waals surface area contributed by atoms with Crippen molar-refractivity contribution in [1.29, 1.82) is 0 Å². The topological polar surface area (TPSA) is 125 Å². The van der Waals surface area contributed by atoms with Gasteiger partial charge in [-0.15, -0.1) is 0 Å². The smallest absolute Gasteiger partial charge is 0.257 e. The van der Waals surface area contributed by atoms with E-state index in [-0.39, 0.29) is 31.2 Å². The zero-order valence-corrected chi connectivity index (χ0v) is 11.9. The molecular weight excluding hydrogens is 282 g/mol. The Morgan fingerprint density at radius 1 is 1.25 bits per heavy atom. The Morgan fingerprint density at radius 2 is 1.90 bits per heavy atom. The Bertz CT molecular complexity index is 528. The summed E-state index contributed by atoms with van der Waals surface area (Å²) in [5, 5.41) is 7.38. The third kappa shape index (κ3) is 7.07. The largest absolute Gasteiger partial charge is 0.484 e. The molecule has 5 N–H and O–H groups in total. The van der Waals surface area contributed by atoms with Gasteiger partial charge in [0.2, 0.25) is 10.0 Å². The predicted molar refractivity (Wildman–Crippen MR) is 75.4 cm³/mol. The maximum absolute atomic E-state index is 11.4. The summed E-state index contributed by atoms with van der Waals surface area (Å²) in [5.41, 5.74) is 6.44. The van der Waals surface area contributed by atoms with E-state index in [1.165, 1.54) is 0 Å². The quantitative estimate of drug-likeness (QED) is 0.549. The van der Waals surface area contributed by atoms with Crippen LogP contribution in [-0.2, 0) is 21.4 Å². The summed E-state index contributed by atoms with van der Waals surface area (Å²) in [5.74, 6) is 0.0958. The van der Waals surface area contributed by atoms with Gasteiger partial charge < -0.3 is 15.8 Å². The Labute approximate surface area is 118 Å². The highest BCUT2D eigenvalue weighted by molar-refractivity contribution is 7.89. The van der Waals surface area contributed by atoms with E-state index in [1.54, 1.807) is 12.1 Å². The summed E-state index contributed by atoms with van der Waals surface area (Å²) in [6.45, 7) is 0.562. The zero-order chi connectivity index (χ0) is 15.0. The molecule has 8 heteroatoms. The van der Waals surface area contributed by atoms with Gasteiger partial charge in [0.15, 0.2) is 6.61 Å². The molecule has 1 aromatic carbocycles. The van der Waals surface area contributed by atoms with Gasteiger partial charge >= 0.3 is 0 Å². The highest BCUT2D eigenvalue weighted by Crippen LogP contribution is 2.11. The van der Waals surface area contributed by atoms with Crippen LogP contribution in [-0.4, -0.2) is 33.2 Å². The van der Waals surface area contributed by atoms with E-state index in [2.05, 4.69) is 5.32 Å². The molecule has 0 unspecified atom stereocenters. The molecule has 0 atom stereocenters. The molecule has 1 rings (SSSR count). The molecule has 0 aromatic heterocycles. The number of hydrogen-bond acceptors (Lipinski definition) is 5. The van der Waals surface area contributed by atoms with Gasteiger partial charge in [-0.25, -0.2) is 13.6 Å². The van der Waals surface area contributed by atoms with Crippen molar-refractivity contribution in [3.8, 4) is 5.75 Å². The zero-order valence-electron chi connectivity index (χ0n) is 11.0. The van der Waals surface area contributed by atoms with Crippen LogP contribution >= 0.6 is 0 Å². The van der Waals surface area contributed by atoms with Gasteiger partial charge in [-0.05, 0) is 24.1 Å². The first-order valence-electron chi connectivity index (χ1n) is 6.09. The van der Waals surface area contributed by atoms with Gasteiger partial charge in [0.05, 0.1) is 5.75 Å². The molecule has 0 spiro atoms. The van der Waals surface area contributed by atoms with Crippen LogP contribution < -0.4 is 20.9 Å². The van der Waals surface area contributed by atoms with E-state index in [4.69, 9.17) is 15.6 Å². The molecule has 0 heterocycles. The van der Waals surface area contributed by atoms with Crippen LogP contribution in [0.15, 0.2) is 24.3 Å². The third-order valence-corrected chi connectivity index (χ3v) is 3.31. The second-order valence-electron chi connectivity index (χ2n) is 4.21. The molecule has 0 aliphatic carbocycles. The van der Waals surface area contributed by atoms with E-state index in [1.807, 2.05) is 12.1 Å². The maximum Gasteiger partial charge on any atom is 0.257 e. The summed E-state index contributed by atoms with van der Waals surface area (Å²) in [6.07, 6.45) is 0.274. The molecule has 112 valence electrons. The van der Waals surface area contributed by atoms with Crippen molar-refractivity contribution < 1.29 is 17.9 Å². The number of sulfonamides is 1. The number of ether oxygens (including phenoxy) is 1. The normalized spacial score (nSPS) is 11.1. The Morgan fingerprint density at radius 3 is 2.45 bits per heavy atom. The number of rotatable bonds is 8. The fourth-order valence-electron chi connectivity index (χ4n) is 1.42. The van der Waals surface area contributed by atoms with Crippen molar-refractivity contribution in [1.82, 2.24) is 5.32 Å². The summed E-state index contributed by atoms with van der Waals surface area (Å²) >= 11 is 0. The van der Waals surface area contributed by atoms with Crippen LogP contribution in [0.5, 0.6) is 5.75 Å². The Kier molecular flexibility index (Phi) is 6.43. The molecule has 0 aliphatic heterocycles. The molecule has 20 heavy (non-hydrogen) atoms. The maximum atomic E-state index is 11.4. The lowest BCUT2D eigenvalue weighted by atomic mass is 10.2. The first kappa shape index (κ1) is 16.4. The van der Waals surface area contributed by atoms with Crippen LogP contribution in [0.4, 0.5) is 0 Å². The van der Waals surface area contributed by atoms with Crippen molar-refractivity contribution in [3.63, 3.8) is 0 Å². The lowest BCUT2D eigenvalue weighted by molar-refractivity contribution is -0.123. The van der Waals surface area contributed by atoms with E-state index in [0.717, 1.165) is 5.56 Å². The van der Waals surface area contributed by atoms with Crippen molar-refractivity contribution in [3.05, 3.63) is 29.8 Å². The van der Waals surface area contributed by atoms with Crippen molar-refractivity contribution >= 4 is 15.9 Å². The molecule has 0 fully saturated rings. The van der Waals surface area contributed by atoms with Gasteiger partial charge in [-0.3, -0.25) is 4.79 Å². The predicted octanol–water partition coefficient (Wildman–Crippen LogP) is -0.681. The number of hydrogen-bond donors (Lipinski definition) is 3. The first-order chi connectivity index (χ1) is 9.40. The van der Waals surface area contributed by atoms with E-state index >= 15 is 0 Å². The summed E-state index contributed by atoms with van der Waals surface area (Å²) in [7, 11) is -3.48. The number of nitrogens with one attached hydrogen (secondary N) is 1. The second kappa shape index (κ2) is 7.83. The van der Waals surface area contributed by atoms with Crippen LogP contribution in [0.2, 0.25) is 0 Å². The fraction of sp³-hybridized carbons (Fsp3) is 0.417. The molecule has 0 bridgehead atoms. The SMILES string of the molecule is NCc1ccc(OCC(=O)NCCCS(N)(=O)=O)cc1. The number of primary sulfonamides is 1. The van der Waals surface area contributed by atoms with Gasteiger partial charge in [0, 0.05) is 13.1 Å². The number of carbonyl (C=O) groups is 1. The van der Waals surface area contributed by atoms with Gasteiger partial charge in [-0.2, -0.15) is 0 Å². The van der Waals surface area contributed by atoms with Crippen molar-refractivity contribution in [2.24, 2.45) is 10.9 Å². The molecule has 0 saturated heterocycles. The third-order valence-electron chi connectivity index (χ3n) is 2.46. The van der Waals surface area contributed by atoms with Crippen LogP contribution in [0.3, 0.4) is 0 Å². The van der Waals surface area contributed by atoms with Gasteiger partial charge in [0.25, 0.3) is 5.91 Å². The van der Waals surface area contributed by atoms with E-state index < -0.39 is 10.0 Å². The average molecular weight is 301 g/mol. The fourth-order valence-corrected chi connectivity index (χ4v) is 1.97. The molecular formula is C12H19N3O4S. The van der Waals surface area contributed by atoms with Gasteiger partial charge in [0.1, 0.15) is 5.75 Å². The molecule has 1 amide bonds. The summed E-state index contributed by atoms with van der Waals surface area (Å²) in [4.78, 5) is 11.4. The first-order valence-corrected chi connectivity index (χ1v) is 7.81. The van der Waals surface area contributed by atoms with Crippen LogP contribution in [0.25, 0.3) is 0 Å².